The summed E-state index contributed by atoms with van der Waals surface area (Å²) in [6, 6.07) is 7.54. The lowest BCUT2D eigenvalue weighted by atomic mass is 10.1. The molecule has 0 bridgehead atoms. The third kappa shape index (κ3) is 4.61. The summed E-state index contributed by atoms with van der Waals surface area (Å²) in [6.45, 7) is 3.38. The minimum absolute atomic E-state index is 0.0362. The predicted molar refractivity (Wildman–Crippen MR) is 117 cm³/mol. The molecule has 32 heavy (non-hydrogen) atoms. The molecular formula is C23H26N6O3. The average Bonchev–Trinajstić information content (AvgIpc) is 3.46. The number of carbonyl (C=O) groups excluding carboxylic acids is 2. The molecule has 0 radical (unpaired) electrons. The molecule has 0 spiro atoms. The van der Waals surface area contributed by atoms with Crippen molar-refractivity contribution >= 4 is 11.8 Å². The number of hydrogen-bond acceptors (Lipinski definition) is 6. The SMILES string of the molecule is COc1cccc(CNC(=O)c2cnc([C@H]3CCN(C(=O)c4cnn(C)c4)C3)nc2C)c1. The van der Waals surface area contributed by atoms with E-state index in [1.165, 1.54) is 0 Å². The summed E-state index contributed by atoms with van der Waals surface area (Å²) in [7, 11) is 3.40. The Morgan fingerprint density at radius 1 is 1.28 bits per heavy atom. The predicted octanol–water partition coefficient (Wildman–Crippen LogP) is 2.09. The van der Waals surface area contributed by atoms with Gasteiger partial charge in [-0.3, -0.25) is 14.3 Å². The van der Waals surface area contributed by atoms with Crippen LogP contribution in [0.15, 0.2) is 42.9 Å². The van der Waals surface area contributed by atoms with E-state index in [2.05, 4.69) is 20.4 Å². The van der Waals surface area contributed by atoms with Crippen molar-refractivity contribution in [2.75, 3.05) is 20.2 Å². The van der Waals surface area contributed by atoms with Crippen LogP contribution in [0.4, 0.5) is 0 Å². The van der Waals surface area contributed by atoms with Gasteiger partial charge in [0.15, 0.2) is 0 Å². The highest BCUT2D eigenvalue weighted by Crippen LogP contribution is 2.26. The Morgan fingerprint density at radius 2 is 2.12 bits per heavy atom. The number of carbonyl (C=O) groups is 2. The number of methoxy groups -OCH3 is 1. The van der Waals surface area contributed by atoms with Crippen LogP contribution in [-0.2, 0) is 13.6 Å². The fraction of sp³-hybridized carbons (Fsp3) is 0.348. The van der Waals surface area contributed by atoms with Crippen molar-refractivity contribution in [2.45, 2.75) is 25.8 Å². The molecule has 1 N–H and O–H groups in total. The summed E-state index contributed by atoms with van der Waals surface area (Å²) in [5.74, 6) is 1.19. The number of aromatic nitrogens is 4. The first-order valence-electron chi connectivity index (χ1n) is 10.5. The maximum absolute atomic E-state index is 12.6. The van der Waals surface area contributed by atoms with Crippen molar-refractivity contribution in [2.24, 2.45) is 7.05 Å². The first-order valence-corrected chi connectivity index (χ1v) is 10.5. The number of aryl methyl sites for hydroxylation is 2. The highest BCUT2D eigenvalue weighted by Gasteiger charge is 2.30. The summed E-state index contributed by atoms with van der Waals surface area (Å²) < 4.78 is 6.83. The number of amides is 2. The van der Waals surface area contributed by atoms with E-state index < -0.39 is 0 Å². The van der Waals surface area contributed by atoms with Crippen molar-refractivity contribution in [3.8, 4) is 5.75 Å². The number of benzene rings is 1. The molecule has 166 valence electrons. The fourth-order valence-electron chi connectivity index (χ4n) is 3.83. The molecule has 3 aromatic rings. The summed E-state index contributed by atoms with van der Waals surface area (Å²) >= 11 is 0. The smallest absolute Gasteiger partial charge is 0.257 e. The van der Waals surface area contributed by atoms with E-state index in [0.29, 0.717) is 42.3 Å². The van der Waals surface area contributed by atoms with Gasteiger partial charge in [-0.2, -0.15) is 5.10 Å². The highest BCUT2D eigenvalue weighted by atomic mass is 16.5. The van der Waals surface area contributed by atoms with Gasteiger partial charge in [0.1, 0.15) is 11.6 Å². The Bertz CT molecular complexity index is 1140. The van der Waals surface area contributed by atoms with E-state index >= 15 is 0 Å². The topological polar surface area (TPSA) is 102 Å². The lowest BCUT2D eigenvalue weighted by Crippen LogP contribution is -2.28. The molecule has 9 nitrogen and oxygen atoms in total. The molecule has 2 aromatic heterocycles. The van der Waals surface area contributed by atoms with Crippen molar-refractivity contribution in [1.29, 1.82) is 0 Å². The molecule has 2 amide bonds. The van der Waals surface area contributed by atoms with Crippen LogP contribution in [0.25, 0.3) is 0 Å². The zero-order chi connectivity index (χ0) is 22.7. The second kappa shape index (κ2) is 9.17. The molecule has 1 aliphatic rings. The second-order valence-corrected chi connectivity index (χ2v) is 7.90. The van der Waals surface area contributed by atoms with E-state index in [-0.39, 0.29) is 17.7 Å². The van der Waals surface area contributed by atoms with E-state index in [0.717, 1.165) is 17.7 Å². The van der Waals surface area contributed by atoms with E-state index in [9.17, 15) is 9.59 Å². The number of hydrogen-bond donors (Lipinski definition) is 1. The normalized spacial score (nSPS) is 15.6. The van der Waals surface area contributed by atoms with Crippen LogP contribution < -0.4 is 10.1 Å². The Balaban J connectivity index is 1.38. The van der Waals surface area contributed by atoms with Gasteiger partial charge in [0.25, 0.3) is 11.8 Å². The van der Waals surface area contributed by atoms with Crippen LogP contribution in [0.5, 0.6) is 5.75 Å². The van der Waals surface area contributed by atoms with Crippen LogP contribution in [0, 0.1) is 6.92 Å². The van der Waals surface area contributed by atoms with Crippen LogP contribution >= 0.6 is 0 Å². The third-order valence-corrected chi connectivity index (χ3v) is 5.62. The van der Waals surface area contributed by atoms with Crippen molar-refractivity contribution in [3.63, 3.8) is 0 Å². The van der Waals surface area contributed by atoms with Crippen LogP contribution in [0.1, 0.15) is 50.1 Å². The Morgan fingerprint density at radius 3 is 2.84 bits per heavy atom. The largest absolute Gasteiger partial charge is 0.497 e. The highest BCUT2D eigenvalue weighted by molar-refractivity contribution is 5.95. The maximum Gasteiger partial charge on any atom is 0.257 e. The molecular weight excluding hydrogens is 408 g/mol. The number of nitrogens with zero attached hydrogens (tertiary/aromatic N) is 5. The molecule has 1 aromatic carbocycles. The molecule has 0 aliphatic carbocycles. The van der Waals surface area contributed by atoms with Gasteiger partial charge in [-0.05, 0) is 31.0 Å². The quantitative estimate of drug-likeness (QED) is 0.637. The Labute approximate surface area is 186 Å². The fourth-order valence-corrected chi connectivity index (χ4v) is 3.83. The van der Waals surface area contributed by atoms with Gasteiger partial charge < -0.3 is 15.0 Å². The first-order chi connectivity index (χ1) is 15.4. The third-order valence-electron chi connectivity index (χ3n) is 5.62. The molecule has 1 aliphatic heterocycles. The first kappa shape index (κ1) is 21.5. The molecule has 4 rings (SSSR count). The van der Waals surface area contributed by atoms with E-state index in [1.807, 2.05) is 24.3 Å². The number of rotatable bonds is 6. The zero-order valence-corrected chi connectivity index (χ0v) is 18.4. The summed E-state index contributed by atoms with van der Waals surface area (Å²) in [5.41, 5.74) is 2.58. The van der Waals surface area contributed by atoms with Crippen molar-refractivity contribution < 1.29 is 14.3 Å². The van der Waals surface area contributed by atoms with Gasteiger partial charge in [0.05, 0.1) is 30.1 Å². The number of ether oxygens (including phenoxy) is 1. The lowest BCUT2D eigenvalue weighted by molar-refractivity contribution is 0.0790. The second-order valence-electron chi connectivity index (χ2n) is 7.90. The van der Waals surface area contributed by atoms with Gasteiger partial charge in [-0.15, -0.1) is 0 Å². The van der Waals surface area contributed by atoms with Gasteiger partial charge >= 0.3 is 0 Å². The minimum atomic E-state index is -0.225. The average molecular weight is 435 g/mol. The van der Waals surface area contributed by atoms with Crippen LogP contribution in [0.3, 0.4) is 0 Å². The Hall–Kier alpha value is -3.75. The van der Waals surface area contributed by atoms with Gasteiger partial charge in [-0.1, -0.05) is 12.1 Å². The summed E-state index contributed by atoms with van der Waals surface area (Å²) in [5, 5.41) is 6.97. The molecule has 1 fully saturated rings. The lowest BCUT2D eigenvalue weighted by Gasteiger charge is -2.15. The Kier molecular flexibility index (Phi) is 6.16. The van der Waals surface area contributed by atoms with Gasteiger partial charge in [-0.25, -0.2) is 9.97 Å². The molecule has 9 heteroatoms. The standard InChI is InChI=1S/C23H26N6O3/c1-15-20(22(30)25-10-16-5-4-6-19(9-16)32-3)12-24-21(27-15)17-7-8-29(14-17)23(31)18-11-26-28(2)13-18/h4-6,9,11-13,17H,7-8,10,14H2,1-3H3,(H,25,30)/t17-/m0/s1. The van der Waals surface area contributed by atoms with Crippen molar-refractivity contribution in [1.82, 2.24) is 30.0 Å². The minimum Gasteiger partial charge on any atom is -0.497 e. The molecule has 0 unspecified atom stereocenters. The van der Waals surface area contributed by atoms with Crippen LogP contribution in [0.2, 0.25) is 0 Å². The van der Waals surface area contributed by atoms with Gasteiger partial charge in [0, 0.05) is 45.0 Å². The molecule has 1 saturated heterocycles. The molecule has 3 heterocycles. The van der Waals surface area contributed by atoms with Crippen LogP contribution in [-0.4, -0.2) is 56.7 Å². The monoisotopic (exact) mass is 434 g/mol. The number of likely N-dealkylation sites (tertiary alicyclic amines) is 1. The van der Waals surface area contributed by atoms with Crippen molar-refractivity contribution in [3.05, 3.63) is 71.1 Å². The van der Waals surface area contributed by atoms with Gasteiger partial charge in [0.2, 0.25) is 0 Å². The zero-order valence-electron chi connectivity index (χ0n) is 18.4. The van der Waals surface area contributed by atoms with E-state index in [4.69, 9.17) is 4.74 Å². The maximum atomic E-state index is 12.6. The molecule has 1 atom stereocenters. The van der Waals surface area contributed by atoms with E-state index in [1.54, 1.807) is 49.3 Å². The number of nitrogens with one attached hydrogen (secondary N) is 1. The molecule has 0 saturated carbocycles. The summed E-state index contributed by atoms with van der Waals surface area (Å²) in [6.07, 6.45) is 5.65. The summed E-state index contributed by atoms with van der Waals surface area (Å²) in [4.78, 5) is 36.1.